The fraction of sp³-hybridized carbons (Fsp3) is 0.357. The molecule has 1 N–H and O–H groups in total. The number of hydrogen-bond donors (Lipinski definition) is 1. The van der Waals surface area contributed by atoms with Crippen molar-refractivity contribution in [2.75, 3.05) is 0 Å². The first-order valence-corrected chi connectivity index (χ1v) is 5.70. The Morgan fingerprint density at radius 1 is 1.25 bits per heavy atom. The highest BCUT2D eigenvalue weighted by molar-refractivity contribution is 5.89. The summed E-state index contributed by atoms with van der Waals surface area (Å²) >= 11 is 0. The van der Waals surface area contributed by atoms with Gasteiger partial charge in [0, 0.05) is 6.08 Å². The Hall–Kier alpha value is -1.57. The van der Waals surface area contributed by atoms with Crippen molar-refractivity contribution in [3.8, 4) is 0 Å². The first-order valence-electron chi connectivity index (χ1n) is 5.70. The van der Waals surface area contributed by atoms with Crippen LogP contribution in [0.1, 0.15) is 37.8 Å². The van der Waals surface area contributed by atoms with Gasteiger partial charge in [0.2, 0.25) is 0 Å². The standard InChI is InChI=1S/C14H18O2/c1-3-5-11-6-8-13(9-7-11)12(4-2)10-14(15)16/h6-10H,3-5H2,1-2H3,(H,15,16)/b12-10+. The minimum Gasteiger partial charge on any atom is -0.478 e. The third-order valence-corrected chi connectivity index (χ3v) is 2.54. The number of allylic oxidation sites excluding steroid dienone is 1. The second kappa shape index (κ2) is 6.11. The van der Waals surface area contributed by atoms with Crippen molar-refractivity contribution in [1.82, 2.24) is 0 Å². The fourth-order valence-corrected chi connectivity index (χ4v) is 1.71. The van der Waals surface area contributed by atoms with Crippen molar-refractivity contribution in [3.05, 3.63) is 41.5 Å². The molecular formula is C14H18O2. The number of benzene rings is 1. The highest BCUT2D eigenvalue weighted by atomic mass is 16.4. The average molecular weight is 218 g/mol. The molecule has 0 radical (unpaired) electrons. The van der Waals surface area contributed by atoms with Crippen LogP contribution in [0.25, 0.3) is 5.57 Å². The number of carboxylic acid groups (broad SMARTS) is 1. The fourth-order valence-electron chi connectivity index (χ4n) is 1.71. The molecule has 1 aromatic carbocycles. The Morgan fingerprint density at radius 2 is 1.88 bits per heavy atom. The van der Waals surface area contributed by atoms with E-state index >= 15 is 0 Å². The van der Waals surface area contributed by atoms with Crippen LogP contribution >= 0.6 is 0 Å². The molecule has 2 heteroatoms. The van der Waals surface area contributed by atoms with Gasteiger partial charge >= 0.3 is 5.97 Å². The van der Waals surface area contributed by atoms with Crippen LogP contribution in [-0.4, -0.2) is 11.1 Å². The molecule has 16 heavy (non-hydrogen) atoms. The molecule has 0 spiro atoms. The molecule has 0 fully saturated rings. The lowest BCUT2D eigenvalue weighted by molar-refractivity contribution is -0.131. The zero-order valence-electron chi connectivity index (χ0n) is 9.86. The van der Waals surface area contributed by atoms with E-state index in [1.807, 2.05) is 19.1 Å². The van der Waals surface area contributed by atoms with Crippen LogP contribution in [0.5, 0.6) is 0 Å². The summed E-state index contributed by atoms with van der Waals surface area (Å²) in [5, 5.41) is 8.74. The third-order valence-electron chi connectivity index (χ3n) is 2.54. The van der Waals surface area contributed by atoms with E-state index in [1.54, 1.807) is 0 Å². The van der Waals surface area contributed by atoms with Crippen molar-refractivity contribution in [3.63, 3.8) is 0 Å². The van der Waals surface area contributed by atoms with Crippen LogP contribution in [-0.2, 0) is 11.2 Å². The van der Waals surface area contributed by atoms with Gasteiger partial charge in [-0.25, -0.2) is 4.79 Å². The van der Waals surface area contributed by atoms with Gasteiger partial charge in [-0.15, -0.1) is 0 Å². The lowest BCUT2D eigenvalue weighted by atomic mass is 10.0. The molecule has 86 valence electrons. The first kappa shape index (κ1) is 12.5. The molecule has 0 amide bonds. The second-order valence-corrected chi connectivity index (χ2v) is 3.81. The normalized spacial score (nSPS) is 11.5. The van der Waals surface area contributed by atoms with Gasteiger partial charge < -0.3 is 5.11 Å². The molecule has 0 aliphatic rings. The van der Waals surface area contributed by atoms with Gasteiger partial charge in [0.15, 0.2) is 0 Å². The molecule has 0 heterocycles. The molecule has 0 unspecified atom stereocenters. The van der Waals surface area contributed by atoms with Crippen LogP contribution in [0.15, 0.2) is 30.3 Å². The smallest absolute Gasteiger partial charge is 0.328 e. The lowest BCUT2D eigenvalue weighted by Gasteiger charge is -2.05. The minimum atomic E-state index is -0.880. The summed E-state index contributed by atoms with van der Waals surface area (Å²) in [7, 11) is 0. The van der Waals surface area contributed by atoms with E-state index in [1.165, 1.54) is 11.6 Å². The van der Waals surface area contributed by atoms with Gasteiger partial charge in [0.1, 0.15) is 0 Å². The van der Waals surface area contributed by atoms with Gasteiger partial charge in [0.05, 0.1) is 0 Å². The Balaban J connectivity index is 2.91. The molecule has 0 aromatic heterocycles. The number of rotatable bonds is 5. The minimum absolute atomic E-state index is 0.736. The SMILES string of the molecule is CCCc1ccc(/C(=C/C(=O)O)CC)cc1. The summed E-state index contributed by atoms with van der Waals surface area (Å²) in [6.07, 6.45) is 4.23. The van der Waals surface area contributed by atoms with Crippen LogP contribution in [0.2, 0.25) is 0 Å². The topological polar surface area (TPSA) is 37.3 Å². The summed E-state index contributed by atoms with van der Waals surface area (Å²) in [6.45, 7) is 4.12. The molecule has 0 atom stereocenters. The Morgan fingerprint density at radius 3 is 2.31 bits per heavy atom. The quantitative estimate of drug-likeness (QED) is 0.768. The summed E-state index contributed by atoms with van der Waals surface area (Å²) in [5.74, 6) is -0.880. The van der Waals surface area contributed by atoms with E-state index in [9.17, 15) is 4.79 Å². The lowest BCUT2D eigenvalue weighted by Crippen LogP contribution is -1.92. The summed E-state index contributed by atoms with van der Waals surface area (Å²) in [5.41, 5.74) is 3.18. The van der Waals surface area contributed by atoms with Gasteiger partial charge in [0.25, 0.3) is 0 Å². The molecule has 0 saturated carbocycles. The number of aryl methyl sites for hydroxylation is 1. The maximum absolute atomic E-state index is 10.6. The van der Waals surface area contributed by atoms with E-state index in [0.29, 0.717) is 0 Å². The third kappa shape index (κ3) is 3.54. The molecule has 2 nitrogen and oxygen atoms in total. The summed E-state index contributed by atoms with van der Waals surface area (Å²) in [4.78, 5) is 10.6. The highest BCUT2D eigenvalue weighted by Crippen LogP contribution is 2.18. The van der Waals surface area contributed by atoms with Gasteiger partial charge in [-0.3, -0.25) is 0 Å². The first-order chi connectivity index (χ1) is 7.67. The summed E-state index contributed by atoms with van der Waals surface area (Å²) < 4.78 is 0. The van der Waals surface area contributed by atoms with E-state index in [0.717, 1.165) is 30.4 Å². The van der Waals surface area contributed by atoms with E-state index in [2.05, 4.69) is 19.1 Å². The van der Waals surface area contributed by atoms with Crippen LogP contribution in [0.3, 0.4) is 0 Å². The van der Waals surface area contributed by atoms with Crippen LogP contribution in [0.4, 0.5) is 0 Å². The zero-order valence-corrected chi connectivity index (χ0v) is 9.86. The molecule has 0 bridgehead atoms. The molecule has 0 saturated heterocycles. The summed E-state index contributed by atoms with van der Waals surface area (Å²) in [6, 6.07) is 8.15. The molecule has 0 aliphatic heterocycles. The number of carbonyl (C=O) groups is 1. The highest BCUT2D eigenvalue weighted by Gasteiger charge is 2.02. The second-order valence-electron chi connectivity index (χ2n) is 3.81. The van der Waals surface area contributed by atoms with Gasteiger partial charge in [-0.05, 0) is 29.5 Å². The van der Waals surface area contributed by atoms with Crippen molar-refractivity contribution < 1.29 is 9.90 Å². The van der Waals surface area contributed by atoms with E-state index in [4.69, 9.17) is 5.11 Å². The van der Waals surface area contributed by atoms with Crippen LogP contribution in [0, 0.1) is 0 Å². The van der Waals surface area contributed by atoms with Crippen molar-refractivity contribution >= 4 is 11.5 Å². The Labute approximate surface area is 96.6 Å². The monoisotopic (exact) mass is 218 g/mol. The van der Waals surface area contributed by atoms with Gasteiger partial charge in [-0.1, -0.05) is 44.5 Å². The van der Waals surface area contributed by atoms with Crippen LogP contribution < -0.4 is 0 Å². The van der Waals surface area contributed by atoms with E-state index < -0.39 is 5.97 Å². The number of hydrogen-bond acceptors (Lipinski definition) is 1. The van der Waals surface area contributed by atoms with E-state index in [-0.39, 0.29) is 0 Å². The van der Waals surface area contributed by atoms with Crippen molar-refractivity contribution in [1.29, 1.82) is 0 Å². The zero-order chi connectivity index (χ0) is 12.0. The Kier molecular flexibility index (Phi) is 4.77. The van der Waals surface area contributed by atoms with Crippen molar-refractivity contribution in [2.45, 2.75) is 33.1 Å². The maximum Gasteiger partial charge on any atom is 0.328 e. The number of carboxylic acids is 1. The molecule has 1 rings (SSSR count). The largest absolute Gasteiger partial charge is 0.478 e. The molecule has 0 aliphatic carbocycles. The number of aliphatic carboxylic acids is 1. The molecular weight excluding hydrogens is 200 g/mol. The average Bonchev–Trinajstić information content (AvgIpc) is 2.27. The van der Waals surface area contributed by atoms with Crippen molar-refractivity contribution in [2.24, 2.45) is 0 Å². The predicted molar refractivity (Wildman–Crippen MR) is 66.3 cm³/mol. The Bertz CT molecular complexity index is 374. The predicted octanol–water partition coefficient (Wildman–Crippen LogP) is 3.52. The van der Waals surface area contributed by atoms with Gasteiger partial charge in [-0.2, -0.15) is 0 Å². The maximum atomic E-state index is 10.6. The molecule has 1 aromatic rings.